The maximum absolute atomic E-state index is 13.8. The van der Waals surface area contributed by atoms with Gasteiger partial charge in [-0.15, -0.1) is 0 Å². The van der Waals surface area contributed by atoms with Crippen LogP contribution in [0.1, 0.15) is 16.7 Å². The first-order valence-electron chi connectivity index (χ1n) is 7.67. The summed E-state index contributed by atoms with van der Waals surface area (Å²) in [6.07, 6.45) is 0.394. The summed E-state index contributed by atoms with van der Waals surface area (Å²) >= 11 is 0. The van der Waals surface area contributed by atoms with Crippen molar-refractivity contribution < 1.29 is 9.84 Å². The molecular weight excluding hydrogens is 284 g/mol. The zero-order valence-corrected chi connectivity index (χ0v) is 13.1. The van der Waals surface area contributed by atoms with Gasteiger partial charge in [-0.05, 0) is 28.8 Å². The van der Waals surface area contributed by atoms with Crippen LogP contribution >= 0.6 is 0 Å². The summed E-state index contributed by atoms with van der Waals surface area (Å²) in [6.45, 7) is 0. The van der Waals surface area contributed by atoms with Gasteiger partial charge < -0.3 is 4.74 Å². The minimum atomic E-state index is -1.31. The second kappa shape index (κ2) is 6.67. The van der Waals surface area contributed by atoms with Crippen LogP contribution < -0.4 is 4.74 Å². The number of hydrogen-bond acceptors (Lipinski definition) is 1. The lowest BCUT2D eigenvalue weighted by Crippen LogP contribution is -2.28. The van der Waals surface area contributed by atoms with E-state index in [2.05, 4.69) is 0 Å². The lowest BCUT2D eigenvalue weighted by atomic mass is 9.81. The van der Waals surface area contributed by atoms with E-state index in [0.717, 1.165) is 22.4 Å². The molecule has 0 aromatic heterocycles. The smallest absolute Gasteiger partial charge is 0.157 e. The summed E-state index contributed by atoms with van der Waals surface area (Å²) in [5, 5.41) is 13.8. The number of hydrogen-bond donors (Lipinski definition) is 0. The number of ether oxygens (including phenoxy) is 1. The van der Waals surface area contributed by atoms with Crippen molar-refractivity contribution in [3.05, 3.63) is 102 Å². The Hall–Kier alpha value is -2.58. The van der Waals surface area contributed by atoms with Crippen molar-refractivity contribution in [2.24, 2.45) is 0 Å². The van der Waals surface area contributed by atoms with Crippen LogP contribution in [0.4, 0.5) is 0 Å². The zero-order valence-electron chi connectivity index (χ0n) is 13.1. The first kappa shape index (κ1) is 15.3. The van der Waals surface area contributed by atoms with Gasteiger partial charge in [0.1, 0.15) is 5.75 Å². The molecule has 23 heavy (non-hydrogen) atoms. The van der Waals surface area contributed by atoms with Crippen molar-refractivity contribution in [2.45, 2.75) is 12.0 Å². The van der Waals surface area contributed by atoms with Crippen LogP contribution in [-0.2, 0) is 17.1 Å². The average molecular weight is 303 g/mol. The molecular formula is C21H19O2. The standard InChI is InChI=1S/C21H19O2/c1-23-20-14-12-17(13-15-20)16-21(22,18-8-4-2-5-9-18)19-10-6-3-7-11-19/h2-15H,16H2,1H3. The van der Waals surface area contributed by atoms with Crippen molar-refractivity contribution >= 4 is 0 Å². The quantitative estimate of drug-likeness (QED) is 0.676. The Bertz CT molecular complexity index is 694. The second-order valence-electron chi connectivity index (χ2n) is 5.58. The van der Waals surface area contributed by atoms with Gasteiger partial charge in [-0.1, -0.05) is 72.8 Å². The number of rotatable bonds is 5. The lowest BCUT2D eigenvalue weighted by molar-refractivity contribution is 0.00322. The molecule has 0 saturated heterocycles. The van der Waals surface area contributed by atoms with Crippen molar-refractivity contribution in [1.29, 1.82) is 0 Å². The molecule has 3 aromatic rings. The molecule has 115 valence electrons. The van der Waals surface area contributed by atoms with E-state index in [1.165, 1.54) is 0 Å². The highest BCUT2D eigenvalue weighted by Gasteiger charge is 2.33. The van der Waals surface area contributed by atoms with Gasteiger partial charge in [0.25, 0.3) is 0 Å². The molecule has 0 aliphatic heterocycles. The highest BCUT2D eigenvalue weighted by atomic mass is 16.5. The van der Waals surface area contributed by atoms with Crippen molar-refractivity contribution in [3.63, 3.8) is 0 Å². The van der Waals surface area contributed by atoms with E-state index < -0.39 is 5.60 Å². The van der Waals surface area contributed by atoms with Gasteiger partial charge in [0, 0.05) is 6.42 Å². The van der Waals surface area contributed by atoms with Gasteiger partial charge in [-0.2, -0.15) is 0 Å². The highest BCUT2D eigenvalue weighted by molar-refractivity contribution is 5.39. The van der Waals surface area contributed by atoms with Gasteiger partial charge in [0.05, 0.1) is 7.11 Å². The predicted octanol–water partition coefficient (Wildman–Crippen LogP) is 4.61. The van der Waals surface area contributed by atoms with Crippen LogP contribution in [0.2, 0.25) is 0 Å². The zero-order chi connectivity index (χ0) is 16.1. The Labute approximate surface area is 137 Å². The maximum atomic E-state index is 13.8. The maximum Gasteiger partial charge on any atom is 0.157 e. The first-order valence-corrected chi connectivity index (χ1v) is 7.67. The summed E-state index contributed by atoms with van der Waals surface area (Å²) in [5.41, 5.74) is 1.24. The van der Waals surface area contributed by atoms with Gasteiger partial charge in [0.2, 0.25) is 0 Å². The fourth-order valence-electron chi connectivity index (χ4n) is 2.82. The van der Waals surface area contributed by atoms with Crippen LogP contribution in [0, 0.1) is 0 Å². The molecule has 2 nitrogen and oxygen atoms in total. The molecule has 0 fully saturated rings. The van der Waals surface area contributed by atoms with Gasteiger partial charge >= 0.3 is 0 Å². The first-order chi connectivity index (χ1) is 11.2. The molecule has 3 rings (SSSR count). The summed E-state index contributed by atoms with van der Waals surface area (Å²) in [7, 11) is 1.64. The molecule has 2 heteroatoms. The molecule has 0 aliphatic rings. The lowest BCUT2D eigenvalue weighted by Gasteiger charge is -2.27. The Morgan fingerprint density at radius 1 is 0.739 bits per heavy atom. The van der Waals surface area contributed by atoms with Gasteiger partial charge in [-0.3, -0.25) is 0 Å². The molecule has 0 unspecified atom stereocenters. The molecule has 1 radical (unpaired) electrons. The summed E-state index contributed by atoms with van der Waals surface area (Å²) in [4.78, 5) is 0. The minimum Gasteiger partial charge on any atom is -0.497 e. The number of benzene rings is 3. The van der Waals surface area contributed by atoms with E-state index >= 15 is 0 Å². The SMILES string of the molecule is COc1ccc(CC([O])(c2ccccc2)c2ccccc2)cc1. The third-order valence-corrected chi connectivity index (χ3v) is 4.09. The summed E-state index contributed by atoms with van der Waals surface area (Å²) in [5.74, 6) is 0.796. The Morgan fingerprint density at radius 2 is 1.22 bits per heavy atom. The van der Waals surface area contributed by atoms with Crippen LogP contribution in [0.5, 0.6) is 5.75 Å². The van der Waals surface area contributed by atoms with Crippen molar-refractivity contribution in [1.82, 2.24) is 0 Å². The minimum absolute atomic E-state index is 0.394. The molecule has 3 aromatic carbocycles. The Morgan fingerprint density at radius 3 is 1.65 bits per heavy atom. The summed E-state index contributed by atoms with van der Waals surface area (Å²) < 4.78 is 5.19. The van der Waals surface area contributed by atoms with Gasteiger partial charge in [0.15, 0.2) is 5.60 Å². The van der Waals surface area contributed by atoms with Crippen LogP contribution in [0.15, 0.2) is 84.9 Å². The molecule has 0 spiro atoms. The number of methoxy groups -OCH3 is 1. The Balaban J connectivity index is 2.01. The molecule has 0 aliphatic carbocycles. The molecule has 0 amide bonds. The third kappa shape index (κ3) is 3.27. The summed E-state index contributed by atoms with van der Waals surface area (Å²) in [6, 6.07) is 26.9. The average Bonchev–Trinajstić information content (AvgIpc) is 2.64. The van der Waals surface area contributed by atoms with Crippen molar-refractivity contribution in [2.75, 3.05) is 7.11 Å². The van der Waals surface area contributed by atoms with Crippen molar-refractivity contribution in [3.8, 4) is 5.75 Å². The second-order valence-corrected chi connectivity index (χ2v) is 5.58. The molecule has 0 atom stereocenters. The van der Waals surface area contributed by atoms with E-state index in [4.69, 9.17) is 4.74 Å². The molecule has 0 N–H and O–H groups in total. The van der Waals surface area contributed by atoms with E-state index in [9.17, 15) is 5.11 Å². The fourth-order valence-corrected chi connectivity index (χ4v) is 2.82. The normalized spacial score (nSPS) is 11.2. The highest BCUT2D eigenvalue weighted by Crippen LogP contribution is 2.34. The van der Waals surface area contributed by atoms with E-state index in [0.29, 0.717) is 6.42 Å². The predicted molar refractivity (Wildman–Crippen MR) is 91.0 cm³/mol. The third-order valence-electron chi connectivity index (χ3n) is 4.09. The monoisotopic (exact) mass is 303 g/mol. The van der Waals surface area contributed by atoms with E-state index in [1.54, 1.807) is 7.11 Å². The fraction of sp³-hybridized carbons (Fsp3) is 0.143. The Kier molecular flexibility index (Phi) is 4.45. The van der Waals surface area contributed by atoms with Crippen LogP contribution in [-0.4, -0.2) is 7.11 Å². The largest absolute Gasteiger partial charge is 0.497 e. The van der Waals surface area contributed by atoms with Crippen LogP contribution in [0.25, 0.3) is 0 Å². The van der Waals surface area contributed by atoms with Gasteiger partial charge in [-0.25, -0.2) is 5.11 Å². The molecule has 0 saturated carbocycles. The van der Waals surface area contributed by atoms with Crippen LogP contribution in [0.3, 0.4) is 0 Å². The molecule has 0 bridgehead atoms. The van der Waals surface area contributed by atoms with E-state index in [-0.39, 0.29) is 0 Å². The molecule has 0 heterocycles. The van der Waals surface area contributed by atoms with E-state index in [1.807, 2.05) is 84.9 Å². The topological polar surface area (TPSA) is 29.1 Å².